The fourth-order valence-electron chi connectivity index (χ4n) is 4.24. The van der Waals surface area contributed by atoms with E-state index in [1.54, 1.807) is 30.6 Å². The third-order valence-electron chi connectivity index (χ3n) is 5.89. The minimum absolute atomic E-state index is 0.00313. The van der Waals surface area contributed by atoms with Crippen LogP contribution < -0.4 is 10.6 Å². The first-order chi connectivity index (χ1) is 17.0. The Labute approximate surface area is 202 Å². The van der Waals surface area contributed by atoms with E-state index in [2.05, 4.69) is 25.6 Å². The van der Waals surface area contributed by atoms with Crippen LogP contribution in [0.1, 0.15) is 38.9 Å². The molecule has 0 spiro atoms. The summed E-state index contributed by atoms with van der Waals surface area (Å²) in [5.74, 6) is -0.327. The number of H-pyrrole nitrogens is 1. The first-order valence-electron chi connectivity index (χ1n) is 11.3. The van der Waals surface area contributed by atoms with Crippen molar-refractivity contribution in [2.24, 2.45) is 0 Å². The molecule has 0 aliphatic carbocycles. The van der Waals surface area contributed by atoms with E-state index in [1.807, 2.05) is 56.3 Å². The van der Waals surface area contributed by atoms with E-state index >= 15 is 0 Å². The second kappa shape index (κ2) is 9.38. The molecule has 0 fully saturated rings. The molecule has 174 valence electrons. The Balaban J connectivity index is 1.57. The number of aromatic amines is 1. The highest BCUT2D eigenvalue weighted by Crippen LogP contribution is 2.35. The van der Waals surface area contributed by atoms with Gasteiger partial charge in [-0.05, 0) is 74.0 Å². The van der Waals surface area contributed by atoms with Crippen LogP contribution in [0, 0.1) is 19.7 Å². The largest absolute Gasteiger partial charge is 0.358 e. The van der Waals surface area contributed by atoms with Crippen LogP contribution in [-0.2, 0) is 0 Å². The number of benzene rings is 2. The normalized spacial score (nSPS) is 11.9. The quantitative estimate of drug-likeness (QED) is 0.280. The highest BCUT2D eigenvalue weighted by Gasteiger charge is 2.23. The van der Waals surface area contributed by atoms with Gasteiger partial charge in [-0.3, -0.25) is 9.78 Å². The number of aryl methyl sites for hydroxylation is 2. The average Bonchev–Trinajstić information content (AvgIpc) is 3.18. The van der Waals surface area contributed by atoms with Gasteiger partial charge in [0.15, 0.2) is 0 Å². The third-order valence-corrected chi connectivity index (χ3v) is 5.89. The van der Waals surface area contributed by atoms with Gasteiger partial charge in [0.2, 0.25) is 0 Å². The van der Waals surface area contributed by atoms with E-state index in [0.29, 0.717) is 5.69 Å². The van der Waals surface area contributed by atoms with Crippen LogP contribution in [0.25, 0.3) is 10.9 Å². The number of nitrogens with zero attached hydrogens (tertiary/aromatic N) is 2. The van der Waals surface area contributed by atoms with Crippen molar-refractivity contribution in [2.75, 3.05) is 10.6 Å². The number of aromatic nitrogens is 3. The summed E-state index contributed by atoms with van der Waals surface area (Å²) >= 11 is 0. The van der Waals surface area contributed by atoms with Gasteiger partial charge < -0.3 is 15.6 Å². The second-order valence-corrected chi connectivity index (χ2v) is 8.41. The lowest BCUT2D eigenvalue weighted by atomic mass is 9.99. The lowest BCUT2D eigenvalue weighted by Gasteiger charge is -2.20. The minimum atomic E-state index is -0.561. The zero-order valence-electron chi connectivity index (χ0n) is 19.3. The summed E-state index contributed by atoms with van der Waals surface area (Å²) in [5, 5.41) is 7.28. The first-order valence-corrected chi connectivity index (χ1v) is 11.3. The number of rotatable bonds is 6. The molecule has 5 aromatic rings. The summed E-state index contributed by atoms with van der Waals surface area (Å²) in [4.78, 5) is 25.2. The Morgan fingerprint density at radius 3 is 2.54 bits per heavy atom. The standard InChI is InChI=1S/C28H24FN5O/c1-17-12-14-31-25(15-17)34-27(24-9-5-6-13-30-24)26-18(2)32-23-11-10-19(16-21(23)26)33-28(35)20-7-3-4-8-22(20)29/h3-16,27,32H,1-2H3,(H,31,34)(H,33,35)/t27-/m1/s1. The predicted molar refractivity (Wildman–Crippen MR) is 136 cm³/mol. The number of nitrogens with one attached hydrogen (secondary N) is 3. The summed E-state index contributed by atoms with van der Waals surface area (Å²) in [5.41, 5.74) is 5.37. The maximum atomic E-state index is 14.1. The Morgan fingerprint density at radius 1 is 0.943 bits per heavy atom. The summed E-state index contributed by atoms with van der Waals surface area (Å²) in [7, 11) is 0. The van der Waals surface area contributed by atoms with Crippen LogP contribution in [0.3, 0.4) is 0 Å². The molecule has 5 rings (SSSR count). The number of carbonyl (C=O) groups excluding carboxylic acids is 1. The van der Waals surface area contributed by atoms with Gasteiger partial charge >= 0.3 is 0 Å². The molecule has 1 amide bonds. The number of halogens is 1. The van der Waals surface area contributed by atoms with Gasteiger partial charge in [-0.1, -0.05) is 18.2 Å². The Bertz CT molecular complexity index is 1510. The topological polar surface area (TPSA) is 82.7 Å². The maximum Gasteiger partial charge on any atom is 0.258 e. The van der Waals surface area contributed by atoms with Gasteiger partial charge in [0.1, 0.15) is 11.6 Å². The molecule has 0 aliphatic rings. The Hall–Kier alpha value is -4.52. The SMILES string of the molecule is Cc1ccnc(N[C@H](c2ccccn2)c2c(C)[nH]c3ccc(NC(=O)c4ccccc4F)cc23)c1. The zero-order chi connectivity index (χ0) is 24.4. The molecule has 1 atom stereocenters. The van der Waals surface area contributed by atoms with E-state index in [9.17, 15) is 9.18 Å². The van der Waals surface area contributed by atoms with Crippen LogP contribution in [0.5, 0.6) is 0 Å². The van der Waals surface area contributed by atoms with E-state index in [4.69, 9.17) is 0 Å². The lowest BCUT2D eigenvalue weighted by molar-refractivity contribution is 0.102. The molecule has 35 heavy (non-hydrogen) atoms. The van der Waals surface area contributed by atoms with E-state index in [1.165, 1.54) is 12.1 Å². The number of hydrogen-bond acceptors (Lipinski definition) is 4. The van der Waals surface area contributed by atoms with Crippen molar-refractivity contribution in [1.82, 2.24) is 15.0 Å². The van der Waals surface area contributed by atoms with Crippen molar-refractivity contribution < 1.29 is 9.18 Å². The van der Waals surface area contributed by atoms with Crippen molar-refractivity contribution in [3.05, 3.63) is 119 Å². The zero-order valence-corrected chi connectivity index (χ0v) is 19.3. The number of anilines is 2. The molecule has 0 aliphatic heterocycles. The summed E-state index contributed by atoms with van der Waals surface area (Å²) < 4.78 is 14.1. The number of amides is 1. The van der Waals surface area contributed by atoms with Gasteiger partial charge in [-0.25, -0.2) is 9.37 Å². The smallest absolute Gasteiger partial charge is 0.258 e. The molecule has 0 saturated heterocycles. The second-order valence-electron chi connectivity index (χ2n) is 8.41. The van der Waals surface area contributed by atoms with Gasteiger partial charge in [-0.2, -0.15) is 0 Å². The summed E-state index contributed by atoms with van der Waals surface area (Å²) in [6.45, 7) is 4.03. The Kier molecular flexibility index (Phi) is 5.97. The van der Waals surface area contributed by atoms with Crippen molar-refractivity contribution in [1.29, 1.82) is 0 Å². The molecule has 3 N–H and O–H groups in total. The van der Waals surface area contributed by atoms with E-state index < -0.39 is 11.7 Å². The third kappa shape index (κ3) is 4.61. The molecule has 2 aromatic carbocycles. The number of fused-ring (bicyclic) bond motifs is 1. The minimum Gasteiger partial charge on any atom is -0.358 e. The maximum absolute atomic E-state index is 14.1. The average molecular weight is 466 g/mol. The van der Waals surface area contributed by atoms with Crippen molar-refractivity contribution in [2.45, 2.75) is 19.9 Å². The van der Waals surface area contributed by atoms with Crippen LogP contribution in [0.15, 0.2) is 85.2 Å². The molecule has 0 unspecified atom stereocenters. The predicted octanol–water partition coefficient (Wildman–Crippen LogP) is 6.17. The molecule has 0 bridgehead atoms. The van der Waals surface area contributed by atoms with Gasteiger partial charge in [0.25, 0.3) is 5.91 Å². The van der Waals surface area contributed by atoms with Crippen molar-refractivity contribution in [3.63, 3.8) is 0 Å². The first kappa shape index (κ1) is 22.3. The van der Waals surface area contributed by atoms with Gasteiger partial charge in [0, 0.05) is 40.2 Å². The monoisotopic (exact) mass is 465 g/mol. The fourth-order valence-corrected chi connectivity index (χ4v) is 4.24. The van der Waals surface area contributed by atoms with Crippen LogP contribution in [0.2, 0.25) is 0 Å². The van der Waals surface area contributed by atoms with Crippen LogP contribution in [-0.4, -0.2) is 20.9 Å². The highest BCUT2D eigenvalue weighted by atomic mass is 19.1. The number of pyridine rings is 2. The van der Waals surface area contributed by atoms with Gasteiger partial charge in [0.05, 0.1) is 17.3 Å². The summed E-state index contributed by atoms with van der Waals surface area (Å²) in [6.07, 6.45) is 3.53. The lowest BCUT2D eigenvalue weighted by Crippen LogP contribution is -2.16. The molecular weight excluding hydrogens is 441 g/mol. The molecule has 3 aromatic heterocycles. The van der Waals surface area contributed by atoms with Gasteiger partial charge in [-0.15, -0.1) is 0 Å². The Morgan fingerprint density at radius 2 is 1.77 bits per heavy atom. The highest BCUT2D eigenvalue weighted by molar-refractivity contribution is 6.05. The van der Waals surface area contributed by atoms with Crippen LogP contribution >= 0.6 is 0 Å². The van der Waals surface area contributed by atoms with E-state index in [-0.39, 0.29) is 11.6 Å². The fraction of sp³-hybridized carbons (Fsp3) is 0.107. The number of carbonyl (C=O) groups is 1. The van der Waals surface area contributed by atoms with Crippen LogP contribution in [0.4, 0.5) is 15.9 Å². The molecular formula is C28H24FN5O. The molecule has 6 nitrogen and oxygen atoms in total. The van der Waals surface area contributed by atoms with Crippen molar-refractivity contribution >= 4 is 28.3 Å². The van der Waals surface area contributed by atoms with E-state index in [0.717, 1.165) is 39.2 Å². The molecule has 0 radical (unpaired) electrons. The number of hydrogen-bond donors (Lipinski definition) is 3. The summed E-state index contributed by atoms with van der Waals surface area (Å²) in [6, 6.07) is 21.0. The molecule has 0 saturated carbocycles. The van der Waals surface area contributed by atoms with Crippen molar-refractivity contribution in [3.8, 4) is 0 Å². The molecule has 7 heteroatoms. The molecule has 3 heterocycles.